The molecule has 3 rings (SSSR count). The highest BCUT2D eigenvalue weighted by Crippen LogP contribution is 2.27. The summed E-state index contributed by atoms with van der Waals surface area (Å²) in [5.41, 5.74) is -0.529. The molecular weight excluding hydrogens is 404 g/mol. The molecule has 0 aromatic carbocycles. The monoisotopic (exact) mass is 436 g/mol. The Balaban J connectivity index is 1.52. The van der Waals surface area contributed by atoms with E-state index in [9.17, 15) is 9.59 Å². The highest BCUT2D eigenvalue weighted by atomic mass is 35.5. The number of amides is 2. The fourth-order valence-corrected chi connectivity index (χ4v) is 4.28. The topological polar surface area (TPSA) is 74.8 Å². The first-order chi connectivity index (χ1) is 14.2. The summed E-state index contributed by atoms with van der Waals surface area (Å²) in [6.45, 7) is 8.34. The van der Waals surface area contributed by atoms with Crippen molar-refractivity contribution in [2.75, 3.05) is 31.1 Å². The van der Waals surface area contributed by atoms with Crippen molar-refractivity contribution in [1.82, 2.24) is 15.2 Å². The Morgan fingerprint density at radius 1 is 1.17 bits per heavy atom. The predicted molar refractivity (Wildman–Crippen MR) is 118 cm³/mol. The van der Waals surface area contributed by atoms with Crippen LogP contribution in [-0.4, -0.2) is 59.7 Å². The largest absolute Gasteiger partial charge is 0.444 e. The number of pyridine rings is 1. The minimum atomic E-state index is -0.529. The highest BCUT2D eigenvalue weighted by molar-refractivity contribution is 6.30. The molecule has 0 spiro atoms. The Labute approximate surface area is 184 Å². The van der Waals surface area contributed by atoms with Gasteiger partial charge in [-0.15, -0.1) is 0 Å². The maximum absolute atomic E-state index is 13.3. The number of hydrogen-bond acceptors (Lipinski definition) is 5. The third-order valence-corrected chi connectivity index (χ3v) is 5.89. The number of likely N-dealkylation sites (tertiary alicyclic amines) is 1. The molecule has 166 valence electrons. The van der Waals surface area contributed by atoms with E-state index in [0.29, 0.717) is 11.6 Å². The number of ether oxygens (including phenoxy) is 1. The first kappa shape index (κ1) is 22.7. The molecule has 2 aliphatic heterocycles. The lowest BCUT2D eigenvalue weighted by molar-refractivity contribution is -0.139. The van der Waals surface area contributed by atoms with Gasteiger partial charge in [0.2, 0.25) is 5.91 Å². The number of rotatable bonds is 4. The van der Waals surface area contributed by atoms with Crippen molar-refractivity contribution in [2.45, 2.75) is 64.5 Å². The number of halogens is 1. The summed E-state index contributed by atoms with van der Waals surface area (Å²) in [5.74, 6) is 1.15. The first-order valence-corrected chi connectivity index (χ1v) is 11.2. The summed E-state index contributed by atoms with van der Waals surface area (Å²) in [7, 11) is 0. The standard InChI is InChI=1S/C22H33ClN4O3/c1-22(2,3)30-21(29)25-15-18-6-4-5-11-27(18)20(28)16-9-12-26(13-10-16)19-8-7-17(23)14-24-19/h7-8,14,16,18H,4-6,9-13,15H2,1-3H3,(H,25,29). The van der Waals surface area contributed by atoms with Crippen LogP contribution in [-0.2, 0) is 9.53 Å². The molecule has 2 amide bonds. The highest BCUT2D eigenvalue weighted by Gasteiger charge is 2.34. The van der Waals surface area contributed by atoms with E-state index in [1.54, 1.807) is 6.20 Å². The van der Waals surface area contributed by atoms with Crippen LogP contribution in [0.4, 0.5) is 10.6 Å². The number of nitrogens with one attached hydrogen (secondary N) is 1. The second kappa shape index (κ2) is 9.86. The maximum atomic E-state index is 13.3. The lowest BCUT2D eigenvalue weighted by Gasteiger charge is -2.40. The summed E-state index contributed by atoms with van der Waals surface area (Å²) in [6.07, 6.45) is 5.86. The molecule has 3 heterocycles. The van der Waals surface area contributed by atoms with Crippen molar-refractivity contribution in [3.63, 3.8) is 0 Å². The van der Waals surface area contributed by atoms with Crippen molar-refractivity contribution < 1.29 is 14.3 Å². The van der Waals surface area contributed by atoms with Crippen LogP contribution in [0, 0.1) is 5.92 Å². The van der Waals surface area contributed by atoms with E-state index in [1.165, 1.54) is 0 Å². The van der Waals surface area contributed by atoms with Gasteiger partial charge in [-0.1, -0.05) is 11.6 Å². The van der Waals surface area contributed by atoms with Crippen molar-refractivity contribution in [3.8, 4) is 0 Å². The van der Waals surface area contributed by atoms with Gasteiger partial charge in [0, 0.05) is 44.3 Å². The zero-order chi connectivity index (χ0) is 21.7. The minimum absolute atomic E-state index is 0.0238. The molecule has 2 fully saturated rings. The fraction of sp³-hybridized carbons (Fsp3) is 0.682. The molecule has 0 radical (unpaired) electrons. The van der Waals surface area contributed by atoms with Crippen LogP contribution in [0.2, 0.25) is 5.02 Å². The quantitative estimate of drug-likeness (QED) is 0.775. The number of nitrogens with zero attached hydrogens (tertiary/aromatic N) is 3. The Bertz CT molecular complexity index is 727. The zero-order valence-corrected chi connectivity index (χ0v) is 19.0. The Morgan fingerprint density at radius 3 is 2.53 bits per heavy atom. The Hall–Kier alpha value is -2.02. The van der Waals surface area contributed by atoms with E-state index in [2.05, 4.69) is 15.2 Å². The van der Waals surface area contributed by atoms with Gasteiger partial charge in [0.15, 0.2) is 0 Å². The lowest BCUT2D eigenvalue weighted by Crippen LogP contribution is -2.52. The molecule has 1 N–H and O–H groups in total. The molecule has 2 aliphatic rings. The molecule has 1 unspecified atom stereocenters. The van der Waals surface area contributed by atoms with E-state index in [1.807, 2.05) is 37.8 Å². The van der Waals surface area contributed by atoms with Crippen LogP contribution < -0.4 is 10.2 Å². The number of piperidine rings is 2. The average Bonchev–Trinajstić information content (AvgIpc) is 2.71. The molecule has 0 bridgehead atoms. The normalized spacial score (nSPS) is 20.7. The van der Waals surface area contributed by atoms with Crippen LogP contribution in [0.5, 0.6) is 0 Å². The fourth-order valence-electron chi connectivity index (χ4n) is 4.16. The van der Waals surface area contributed by atoms with Crippen LogP contribution in [0.3, 0.4) is 0 Å². The molecule has 30 heavy (non-hydrogen) atoms. The summed E-state index contributed by atoms with van der Waals surface area (Å²) in [4.78, 5) is 33.9. The van der Waals surface area contributed by atoms with E-state index in [4.69, 9.17) is 16.3 Å². The predicted octanol–water partition coefficient (Wildman–Crippen LogP) is 3.86. The van der Waals surface area contributed by atoms with Crippen molar-refractivity contribution in [1.29, 1.82) is 0 Å². The number of aromatic nitrogens is 1. The van der Waals surface area contributed by atoms with Crippen molar-refractivity contribution >= 4 is 29.4 Å². The van der Waals surface area contributed by atoms with Gasteiger partial charge in [0.1, 0.15) is 11.4 Å². The summed E-state index contributed by atoms with van der Waals surface area (Å²) in [5, 5.41) is 3.47. The summed E-state index contributed by atoms with van der Waals surface area (Å²) < 4.78 is 5.33. The SMILES string of the molecule is CC(C)(C)OC(=O)NCC1CCCCN1C(=O)C1CCN(c2ccc(Cl)cn2)CC1. The van der Waals surface area contributed by atoms with Crippen LogP contribution in [0.15, 0.2) is 18.3 Å². The number of carbonyl (C=O) groups is 2. The van der Waals surface area contributed by atoms with E-state index in [0.717, 1.165) is 57.6 Å². The average molecular weight is 437 g/mol. The Morgan fingerprint density at radius 2 is 1.90 bits per heavy atom. The van der Waals surface area contributed by atoms with Gasteiger partial charge in [0.25, 0.3) is 0 Å². The molecule has 7 nitrogen and oxygen atoms in total. The van der Waals surface area contributed by atoms with Gasteiger partial charge < -0.3 is 19.9 Å². The van der Waals surface area contributed by atoms with Crippen LogP contribution >= 0.6 is 11.6 Å². The maximum Gasteiger partial charge on any atom is 0.407 e. The lowest BCUT2D eigenvalue weighted by atomic mass is 9.92. The number of alkyl carbamates (subject to hydrolysis) is 1. The molecule has 0 aliphatic carbocycles. The third kappa shape index (κ3) is 6.24. The number of hydrogen-bond donors (Lipinski definition) is 1. The molecular formula is C22H33ClN4O3. The first-order valence-electron chi connectivity index (χ1n) is 10.9. The van der Waals surface area contributed by atoms with E-state index < -0.39 is 11.7 Å². The van der Waals surface area contributed by atoms with Gasteiger partial charge in [-0.05, 0) is 65.0 Å². The van der Waals surface area contributed by atoms with Gasteiger partial charge >= 0.3 is 6.09 Å². The zero-order valence-electron chi connectivity index (χ0n) is 18.2. The molecule has 8 heteroatoms. The molecule has 1 aromatic heterocycles. The van der Waals surface area contributed by atoms with Gasteiger partial charge in [-0.3, -0.25) is 4.79 Å². The third-order valence-electron chi connectivity index (χ3n) is 5.67. The van der Waals surface area contributed by atoms with E-state index >= 15 is 0 Å². The van der Waals surface area contributed by atoms with E-state index in [-0.39, 0.29) is 17.9 Å². The second-order valence-corrected chi connectivity index (χ2v) is 9.60. The smallest absolute Gasteiger partial charge is 0.407 e. The minimum Gasteiger partial charge on any atom is -0.444 e. The molecule has 1 aromatic rings. The molecule has 1 atom stereocenters. The van der Waals surface area contributed by atoms with Gasteiger partial charge in [0.05, 0.1) is 5.02 Å². The van der Waals surface area contributed by atoms with Crippen LogP contribution in [0.25, 0.3) is 0 Å². The second-order valence-electron chi connectivity index (χ2n) is 9.16. The Kier molecular flexibility index (Phi) is 7.45. The molecule has 2 saturated heterocycles. The molecule has 0 saturated carbocycles. The van der Waals surface area contributed by atoms with Crippen LogP contribution in [0.1, 0.15) is 52.9 Å². The number of anilines is 1. The number of carbonyl (C=O) groups excluding carboxylic acids is 2. The van der Waals surface area contributed by atoms with Crippen molar-refractivity contribution in [2.24, 2.45) is 5.92 Å². The van der Waals surface area contributed by atoms with Crippen molar-refractivity contribution in [3.05, 3.63) is 23.4 Å². The van der Waals surface area contributed by atoms with Gasteiger partial charge in [-0.2, -0.15) is 0 Å². The summed E-state index contributed by atoms with van der Waals surface area (Å²) >= 11 is 5.93. The summed E-state index contributed by atoms with van der Waals surface area (Å²) in [6, 6.07) is 3.81. The van der Waals surface area contributed by atoms with Gasteiger partial charge in [-0.25, -0.2) is 9.78 Å².